The van der Waals surface area contributed by atoms with Gasteiger partial charge in [0.2, 0.25) is 5.91 Å². The van der Waals surface area contributed by atoms with Crippen molar-refractivity contribution in [3.63, 3.8) is 0 Å². The average Bonchev–Trinajstić information content (AvgIpc) is 3.05. The minimum atomic E-state index is -0.0196. The number of carbonyl (C=O) groups is 1. The average molecular weight is 359 g/mol. The molecule has 0 spiro atoms. The molecule has 1 aromatic carbocycles. The summed E-state index contributed by atoms with van der Waals surface area (Å²) in [6.45, 7) is 2.47. The van der Waals surface area contributed by atoms with Gasteiger partial charge in [0.15, 0.2) is 5.16 Å². The first kappa shape index (κ1) is 17.9. The molecule has 0 bridgehead atoms. The number of amides is 1. The second-order valence-corrected chi connectivity index (χ2v) is 7.39. The summed E-state index contributed by atoms with van der Waals surface area (Å²) in [4.78, 5) is 14.9. The van der Waals surface area contributed by atoms with Crippen molar-refractivity contribution < 1.29 is 4.79 Å². The fourth-order valence-corrected chi connectivity index (χ4v) is 3.88. The molecule has 3 rings (SSSR count). The van der Waals surface area contributed by atoms with Gasteiger partial charge in [0.25, 0.3) is 0 Å². The normalized spacial score (nSPS) is 18.2. The van der Waals surface area contributed by atoms with Crippen molar-refractivity contribution in [1.29, 1.82) is 0 Å². The van der Waals surface area contributed by atoms with E-state index in [1.54, 1.807) is 18.1 Å². The predicted octanol–water partition coefficient (Wildman–Crippen LogP) is 2.08. The number of benzene rings is 1. The van der Waals surface area contributed by atoms with Gasteiger partial charge in [-0.2, -0.15) is 0 Å². The third-order valence-electron chi connectivity index (χ3n) is 4.45. The van der Waals surface area contributed by atoms with Crippen molar-refractivity contribution in [3.8, 4) is 0 Å². The molecule has 2 aromatic rings. The first-order valence-electron chi connectivity index (χ1n) is 8.76. The highest BCUT2D eigenvalue weighted by atomic mass is 32.2. The van der Waals surface area contributed by atoms with Crippen LogP contribution in [0.15, 0.2) is 41.8 Å². The molecule has 1 fully saturated rings. The Morgan fingerprint density at radius 2 is 2.16 bits per heavy atom. The van der Waals surface area contributed by atoms with Gasteiger partial charge in [-0.15, -0.1) is 10.2 Å². The molecule has 0 saturated carbocycles. The number of aryl methyl sites for hydroxylation is 1. The lowest BCUT2D eigenvalue weighted by Crippen LogP contribution is -2.49. The molecule has 1 atom stereocenters. The number of likely N-dealkylation sites (tertiary alicyclic amines) is 1. The second kappa shape index (κ2) is 9.01. The van der Waals surface area contributed by atoms with Gasteiger partial charge in [0.05, 0.1) is 6.04 Å². The Bertz CT molecular complexity index is 675. The van der Waals surface area contributed by atoms with Crippen LogP contribution in [-0.4, -0.2) is 50.5 Å². The minimum Gasteiger partial charge on any atom is -0.354 e. The molecule has 1 N–H and O–H groups in total. The largest absolute Gasteiger partial charge is 0.354 e. The summed E-state index contributed by atoms with van der Waals surface area (Å²) in [6, 6.07) is 10.4. The topological polar surface area (TPSA) is 63.1 Å². The number of thioether (sulfide) groups is 1. The van der Waals surface area contributed by atoms with Gasteiger partial charge in [0.1, 0.15) is 6.33 Å². The molecule has 1 aliphatic heterocycles. The summed E-state index contributed by atoms with van der Waals surface area (Å²) in [5, 5.41) is 11.9. The Kier molecular flexibility index (Phi) is 6.47. The van der Waals surface area contributed by atoms with Crippen LogP contribution in [0.5, 0.6) is 0 Å². The van der Waals surface area contributed by atoms with Crippen molar-refractivity contribution >= 4 is 17.7 Å². The van der Waals surface area contributed by atoms with Crippen LogP contribution in [0, 0.1) is 0 Å². The van der Waals surface area contributed by atoms with Gasteiger partial charge in [-0.25, -0.2) is 0 Å². The molecule has 0 unspecified atom stereocenters. The Morgan fingerprint density at radius 3 is 2.92 bits per heavy atom. The van der Waals surface area contributed by atoms with Crippen LogP contribution >= 0.6 is 11.8 Å². The summed E-state index contributed by atoms with van der Waals surface area (Å²) in [6.07, 6.45) is 4.91. The van der Waals surface area contributed by atoms with E-state index < -0.39 is 0 Å². The number of piperidine rings is 1. The van der Waals surface area contributed by atoms with E-state index in [0.29, 0.717) is 6.54 Å². The van der Waals surface area contributed by atoms with E-state index in [4.69, 9.17) is 0 Å². The maximum absolute atomic E-state index is 12.6. The molecule has 0 radical (unpaired) electrons. The van der Waals surface area contributed by atoms with Crippen LogP contribution in [0.1, 0.15) is 24.8 Å². The van der Waals surface area contributed by atoms with Crippen molar-refractivity contribution in [2.45, 2.75) is 37.0 Å². The fourth-order valence-electron chi connectivity index (χ4n) is 3.13. The molecule has 6 nitrogen and oxygen atoms in total. The minimum absolute atomic E-state index is 0.0196. The summed E-state index contributed by atoms with van der Waals surface area (Å²) in [7, 11) is 1.92. The van der Waals surface area contributed by atoms with E-state index in [2.05, 4.69) is 44.7 Å². The van der Waals surface area contributed by atoms with Crippen molar-refractivity contribution in [2.75, 3.05) is 18.8 Å². The molecule has 134 valence electrons. The van der Waals surface area contributed by atoms with Crippen LogP contribution in [0.25, 0.3) is 0 Å². The van der Waals surface area contributed by atoms with Crippen LogP contribution in [0.2, 0.25) is 0 Å². The van der Waals surface area contributed by atoms with E-state index in [0.717, 1.165) is 36.8 Å². The van der Waals surface area contributed by atoms with Crippen LogP contribution < -0.4 is 5.32 Å². The summed E-state index contributed by atoms with van der Waals surface area (Å²) in [5.74, 6) is 0.943. The van der Waals surface area contributed by atoms with Crippen molar-refractivity contribution in [1.82, 2.24) is 25.0 Å². The van der Waals surface area contributed by atoms with E-state index >= 15 is 0 Å². The summed E-state index contributed by atoms with van der Waals surface area (Å²) < 4.78 is 1.88. The number of hydrogen-bond acceptors (Lipinski definition) is 5. The standard InChI is InChI=1S/C18H25N5OS/c1-22-14-20-21-18(22)25-12-10-19-17(24)16-9-5-6-11-23(16)13-15-7-3-2-4-8-15/h2-4,7-8,14,16H,5-6,9-13H2,1H3,(H,19,24)/t16-/m1/s1. The number of rotatable bonds is 7. The molecule has 1 aromatic heterocycles. The SMILES string of the molecule is Cn1cnnc1SCCNC(=O)[C@H]1CCCCN1Cc1ccccc1. The zero-order valence-corrected chi connectivity index (χ0v) is 15.4. The molecule has 25 heavy (non-hydrogen) atoms. The Hall–Kier alpha value is -1.86. The molecular formula is C18H25N5OS. The lowest BCUT2D eigenvalue weighted by molar-refractivity contribution is -0.127. The van der Waals surface area contributed by atoms with Crippen LogP contribution in [0.4, 0.5) is 0 Å². The highest BCUT2D eigenvalue weighted by Crippen LogP contribution is 2.20. The highest BCUT2D eigenvalue weighted by Gasteiger charge is 2.28. The van der Waals surface area contributed by atoms with E-state index in [1.165, 1.54) is 12.0 Å². The number of nitrogens with one attached hydrogen (secondary N) is 1. The molecule has 1 saturated heterocycles. The number of aromatic nitrogens is 3. The molecule has 1 aliphatic rings. The smallest absolute Gasteiger partial charge is 0.237 e. The van der Waals surface area contributed by atoms with Crippen LogP contribution in [0.3, 0.4) is 0 Å². The molecule has 0 aliphatic carbocycles. The number of hydrogen-bond donors (Lipinski definition) is 1. The van der Waals surface area contributed by atoms with Gasteiger partial charge in [0, 0.05) is 25.9 Å². The van der Waals surface area contributed by atoms with Crippen LogP contribution in [-0.2, 0) is 18.4 Å². The maximum Gasteiger partial charge on any atom is 0.237 e. The summed E-state index contributed by atoms with van der Waals surface area (Å²) >= 11 is 1.61. The van der Waals surface area contributed by atoms with E-state index in [1.807, 2.05) is 17.7 Å². The lowest BCUT2D eigenvalue weighted by atomic mass is 10.0. The monoisotopic (exact) mass is 359 g/mol. The van der Waals surface area contributed by atoms with E-state index in [9.17, 15) is 4.79 Å². The zero-order chi connectivity index (χ0) is 17.5. The van der Waals surface area contributed by atoms with E-state index in [-0.39, 0.29) is 11.9 Å². The molecule has 2 heterocycles. The summed E-state index contributed by atoms with van der Waals surface area (Å²) in [5.41, 5.74) is 1.26. The first-order chi connectivity index (χ1) is 12.2. The van der Waals surface area contributed by atoms with Gasteiger partial charge >= 0.3 is 0 Å². The van der Waals surface area contributed by atoms with Gasteiger partial charge in [-0.1, -0.05) is 48.5 Å². The van der Waals surface area contributed by atoms with Gasteiger partial charge < -0.3 is 9.88 Å². The predicted molar refractivity (Wildman–Crippen MR) is 99.2 cm³/mol. The quantitative estimate of drug-likeness (QED) is 0.606. The maximum atomic E-state index is 12.6. The zero-order valence-electron chi connectivity index (χ0n) is 14.6. The number of nitrogens with zero attached hydrogens (tertiary/aromatic N) is 4. The van der Waals surface area contributed by atoms with Gasteiger partial charge in [-0.05, 0) is 24.9 Å². The first-order valence-corrected chi connectivity index (χ1v) is 9.75. The van der Waals surface area contributed by atoms with Crippen molar-refractivity contribution in [2.24, 2.45) is 7.05 Å². The van der Waals surface area contributed by atoms with Gasteiger partial charge in [-0.3, -0.25) is 9.69 Å². The molecule has 7 heteroatoms. The third kappa shape index (κ3) is 5.06. The Morgan fingerprint density at radius 1 is 1.32 bits per heavy atom. The highest BCUT2D eigenvalue weighted by molar-refractivity contribution is 7.99. The third-order valence-corrected chi connectivity index (χ3v) is 5.48. The second-order valence-electron chi connectivity index (χ2n) is 6.33. The fraction of sp³-hybridized carbons (Fsp3) is 0.500. The Balaban J connectivity index is 1.48. The van der Waals surface area contributed by atoms with Crippen molar-refractivity contribution in [3.05, 3.63) is 42.2 Å². The molecular weight excluding hydrogens is 334 g/mol. The Labute approximate surface area is 153 Å². The number of carbonyl (C=O) groups excluding carboxylic acids is 1. The lowest BCUT2D eigenvalue weighted by Gasteiger charge is -2.34. The molecule has 1 amide bonds.